The molecule has 0 radical (unpaired) electrons. The molecule has 0 unspecified atom stereocenters. The number of carbonyl (C=O) groups excluding carboxylic acids is 1. The number of hydrogen-bond acceptors (Lipinski definition) is 2. The molecule has 3 rings (SSSR count). The molecular weight excluding hydrogens is 318 g/mol. The minimum atomic E-state index is -0.127. The molecule has 104 valence electrons. The minimum Gasteiger partial charge on any atom is -0.397 e. The van der Waals surface area contributed by atoms with Crippen molar-refractivity contribution in [2.75, 3.05) is 11.1 Å². The number of hydrogen-bond donors (Lipinski definition) is 2. The highest BCUT2D eigenvalue weighted by molar-refractivity contribution is 9.10. The molecule has 1 aliphatic carbocycles. The SMILES string of the molecule is Cc1ccc(NC(=O)c2cc(N)cn2C2CC2)c(Br)c1. The number of aryl methyl sites for hydroxylation is 1. The van der Waals surface area contributed by atoms with Gasteiger partial charge in [-0.25, -0.2) is 0 Å². The number of nitrogens with two attached hydrogens (primary N) is 1. The Bertz CT molecular complexity index is 674. The number of nitrogens with one attached hydrogen (secondary N) is 1. The van der Waals surface area contributed by atoms with E-state index in [4.69, 9.17) is 5.73 Å². The van der Waals surface area contributed by atoms with Gasteiger partial charge >= 0.3 is 0 Å². The van der Waals surface area contributed by atoms with Crippen LogP contribution in [0.3, 0.4) is 0 Å². The van der Waals surface area contributed by atoms with E-state index in [0.717, 1.165) is 28.6 Å². The van der Waals surface area contributed by atoms with Crippen LogP contribution in [0.15, 0.2) is 34.9 Å². The van der Waals surface area contributed by atoms with Crippen molar-refractivity contribution in [3.8, 4) is 0 Å². The van der Waals surface area contributed by atoms with Crippen molar-refractivity contribution in [3.05, 3.63) is 46.2 Å². The number of halogens is 1. The molecule has 5 heteroatoms. The summed E-state index contributed by atoms with van der Waals surface area (Å²) in [5, 5.41) is 2.93. The molecule has 4 nitrogen and oxygen atoms in total. The first-order valence-corrected chi connectivity index (χ1v) is 7.39. The molecule has 1 heterocycles. The Morgan fingerprint density at radius 3 is 2.80 bits per heavy atom. The van der Waals surface area contributed by atoms with Crippen molar-refractivity contribution < 1.29 is 4.79 Å². The van der Waals surface area contributed by atoms with Crippen molar-refractivity contribution in [2.24, 2.45) is 0 Å². The van der Waals surface area contributed by atoms with Crippen molar-refractivity contribution in [3.63, 3.8) is 0 Å². The van der Waals surface area contributed by atoms with Crippen LogP contribution in [0.5, 0.6) is 0 Å². The van der Waals surface area contributed by atoms with Gasteiger partial charge in [-0.3, -0.25) is 4.79 Å². The molecule has 2 aromatic rings. The standard InChI is InChI=1S/C15H16BrN3O/c1-9-2-5-13(12(16)6-9)18-15(20)14-7-10(17)8-19(14)11-3-4-11/h2,5-8,11H,3-4,17H2,1H3,(H,18,20). The van der Waals surface area contributed by atoms with E-state index in [1.807, 2.05) is 35.9 Å². The fraction of sp³-hybridized carbons (Fsp3) is 0.267. The summed E-state index contributed by atoms with van der Waals surface area (Å²) in [5.41, 5.74) is 8.97. The highest BCUT2D eigenvalue weighted by Gasteiger charge is 2.27. The number of carbonyl (C=O) groups is 1. The summed E-state index contributed by atoms with van der Waals surface area (Å²) in [7, 11) is 0. The minimum absolute atomic E-state index is 0.127. The smallest absolute Gasteiger partial charge is 0.272 e. The fourth-order valence-electron chi connectivity index (χ4n) is 2.25. The number of nitrogen functional groups attached to an aromatic ring is 1. The largest absolute Gasteiger partial charge is 0.397 e. The second kappa shape index (κ2) is 4.98. The summed E-state index contributed by atoms with van der Waals surface area (Å²) in [6.45, 7) is 2.01. The molecular formula is C15H16BrN3O. The van der Waals surface area contributed by atoms with E-state index in [1.54, 1.807) is 6.07 Å². The zero-order chi connectivity index (χ0) is 14.3. The Kier molecular flexibility index (Phi) is 3.30. The summed E-state index contributed by atoms with van der Waals surface area (Å²) in [4.78, 5) is 12.4. The monoisotopic (exact) mass is 333 g/mol. The zero-order valence-corrected chi connectivity index (χ0v) is 12.8. The molecule has 3 N–H and O–H groups in total. The number of aromatic nitrogens is 1. The fourth-order valence-corrected chi connectivity index (χ4v) is 2.84. The van der Waals surface area contributed by atoms with Crippen molar-refractivity contribution in [2.45, 2.75) is 25.8 Å². The van der Waals surface area contributed by atoms with E-state index in [-0.39, 0.29) is 5.91 Å². The third kappa shape index (κ3) is 2.58. The zero-order valence-electron chi connectivity index (χ0n) is 11.2. The van der Waals surface area contributed by atoms with Gasteiger partial charge in [-0.15, -0.1) is 0 Å². The number of benzene rings is 1. The van der Waals surface area contributed by atoms with Crippen LogP contribution < -0.4 is 11.1 Å². The van der Waals surface area contributed by atoms with Crippen molar-refractivity contribution in [1.82, 2.24) is 4.57 Å². The van der Waals surface area contributed by atoms with E-state index >= 15 is 0 Å². The molecule has 0 saturated heterocycles. The summed E-state index contributed by atoms with van der Waals surface area (Å²) in [6, 6.07) is 7.99. The molecule has 0 atom stereocenters. The predicted molar refractivity (Wildman–Crippen MR) is 83.9 cm³/mol. The summed E-state index contributed by atoms with van der Waals surface area (Å²) >= 11 is 3.47. The topological polar surface area (TPSA) is 60.1 Å². The van der Waals surface area contributed by atoms with Gasteiger partial charge in [-0.05, 0) is 59.5 Å². The van der Waals surface area contributed by atoms with Crippen LogP contribution in [0.25, 0.3) is 0 Å². The van der Waals surface area contributed by atoms with Crippen molar-refractivity contribution >= 4 is 33.2 Å². The Morgan fingerprint density at radius 1 is 1.40 bits per heavy atom. The van der Waals surface area contributed by atoms with E-state index < -0.39 is 0 Å². The highest BCUT2D eigenvalue weighted by atomic mass is 79.9. The Balaban J connectivity index is 1.86. The quantitative estimate of drug-likeness (QED) is 0.898. The normalized spacial score (nSPS) is 14.3. The van der Waals surface area contributed by atoms with Gasteiger partial charge < -0.3 is 15.6 Å². The first-order chi connectivity index (χ1) is 9.54. The lowest BCUT2D eigenvalue weighted by Crippen LogP contribution is -2.16. The Labute approximate surface area is 126 Å². The Morgan fingerprint density at radius 2 is 2.15 bits per heavy atom. The average Bonchev–Trinajstić information content (AvgIpc) is 3.16. The van der Waals surface area contributed by atoms with Gasteiger partial charge in [0.15, 0.2) is 0 Å². The molecule has 0 bridgehead atoms. The lowest BCUT2D eigenvalue weighted by atomic mass is 10.2. The molecule has 1 saturated carbocycles. The van der Waals surface area contributed by atoms with Crippen LogP contribution in [-0.4, -0.2) is 10.5 Å². The Hall–Kier alpha value is -1.75. The number of nitrogens with zero attached hydrogens (tertiary/aromatic N) is 1. The highest BCUT2D eigenvalue weighted by Crippen LogP contribution is 2.37. The first-order valence-electron chi connectivity index (χ1n) is 6.59. The third-order valence-corrected chi connectivity index (χ3v) is 4.07. The maximum atomic E-state index is 12.4. The van der Waals surface area contributed by atoms with Crippen LogP contribution in [0, 0.1) is 6.92 Å². The van der Waals surface area contributed by atoms with Crippen molar-refractivity contribution in [1.29, 1.82) is 0 Å². The lowest BCUT2D eigenvalue weighted by Gasteiger charge is -2.10. The second-order valence-electron chi connectivity index (χ2n) is 5.23. The molecule has 1 fully saturated rings. The molecule has 1 amide bonds. The summed E-state index contributed by atoms with van der Waals surface area (Å²) in [5.74, 6) is -0.127. The third-order valence-electron chi connectivity index (χ3n) is 3.42. The maximum absolute atomic E-state index is 12.4. The van der Waals surface area contributed by atoms with Gasteiger partial charge in [0, 0.05) is 16.7 Å². The molecule has 1 aliphatic rings. The van der Waals surface area contributed by atoms with Gasteiger partial charge in [0.05, 0.1) is 11.4 Å². The first kappa shape index (κ1) is 13.2. The molecule has 20 heavy (non-hydrogen) atoms. The predicted octanol–water partition coefficient (Wildman–Crippen LogP) is 3.73. The molecule has 1 aromatic heterocycles. The number of amides is 1. The average molecular weight is 334 g/mol. The second-order valence-corrected chi connectivity index (χ2v) is 6.09. The number of anilines is 2. The van der Waals surface area contributed by atoms with E-state index in [1.165, 1.54) is 0 Å². The number of rotatable bonds is 3. The van der Waals surface area contributed by atoms with Gasteiger partial charge in [-0.2, -0.15) is 0 Å². The van der Waals surface area contributed by atoms with Gasteiger partial charge in [-0.1, -0.05) is 6.07 Å². The van der Waals surface area contributed by atoms with Crippen LogP contribution in [0.2, 0.25) is 0 Å². The molecule has 0 aliphatic heterocycles. The van der Waals surface area contributed by atoms with E-state index in [0.29, 0.717) is 17.4 Å². The molecule has 0 spiro atoms. The van der Waals surface area contributed by atoms with Gasteiger partial charge in [0.2, 0.25) is 0 Å². The maximum Gasteiger partial charge on any atom is 0.272 e. The summed E-state index contributed by atoms with van der Waals surface area (Å²) in [6.07, 6.45) is 4.07. The summed E-state index contributed by atoms with van der Waals surface area (Å²) < 4.78 is 2.86. The van der Waals surface area contributed by atoms with Crippen LogP contribution in [0.4, 0.5) is 11.4 Å². The lowest BCUT2D eigenvalue weighted by molar-refractivity contribution is 0.101. The van der Waals surface area contributed by atoms with E-state index in [9.17, 15) is 4.79 Å². The molecule has 1 aromatic carbocycles. The van der Waals surface area contributed by atoms with E-state index in [2.05, 4.69) is 21.2 Å². The van der Waals surface area contributed by atoms with Gasteiger partial charge in [0.1, 0.15) is 5.69 Å². The van der Waals surface area contributed by atoms with Crippen LogP contribution in [-0.2, 0) is 0 Å². The van der Waals surface area contributed by atoms with Crippen LogP contribution in [0.1, 0.15) is 34.9 Å². The van der Waals surface area contributed by atoms with Crippen LogP contribution >= 0.6 is 15.9 Å². The van der Waals surface area contributed by atoms with Gasteiger partial charge in [0.25, 0.3) is 5.91 Å².